The number of nitrogens with zero attached hydrogens (tertiary/aromatic N) is 2. The van der Waals surface area contributed by atoms with E-state index in [2.05, 4.69) is 5.32 Å². The van der Waals surface area contributed by atoms with Gasteiger partial charge in [-0.05, 0) is 50.6 Å². The molecule has 3 aromatic rings. The lowest BCUT2D eigenvalue weighted by atomic mass is 10.0. The average Bonchev–Trinajstić information content (AvgIpc) is 3.09. The van der Waals surface area contributed by atoms with E-state index in [1.807, 2.05) is 0 Å². The summed E-state index contributed by atoms with van der Waals surface area (Å²) >= 11 is 1.16. The van der Waals surface area contributed by atoms with Crippen LogP contribution in [0.25, 0.3) is 11.1 Å². The third kappa shape index (κ3) is 4.88. The fourth-order valence-corrected chi connectivity index (χ4v) is 4.36. The molecule has 3 rings (SSSR count). The Bertz CT molecular complexity index is 1270. The second-order valence-corrected chi connectivity index (χ2v) is 8.20. The van der Waals surface area contributed by atoms with Crippen LogP contribution in [0.3, 0.4) is 0 Å². The fourth-order valence-electron chi connectivity index (χ4n) is 3.31. The lowest BCUT2D eigenvalue weighted by molar-refractivity contribution is -0.385. The van der Waals surface area contributed by atoms with Gasteiger partial charge < -0.3 is 10.1 Å². The molecule has 1 amide bonds. The second-order valence-electron chi connectivity index (χ2n) is 6.97. The topological polar surface area (TPSA) is 142 Å². The molecule has 11 heteroatoms. The third-order valence-corrected chi connectivity index (χ3v) is 5.83. The number of carbonyl (C=O) groups excluding carboxylic acids is 2. The molecule has 1 heterocycles. The van der Waals surface area contributed by atoms with E-state index < -0.39 is 21.7 Å². The normalized spacial score (nSPS) is 10.5. The predicted octanol–water partition coefficient (Wildman–Crippen LogP) is 5.28. The average molecular weight is 469 g/mol. The molecule has 0 fully saturated rings. The van der Waals surface area contributed by atoms with Crippen molar-refractivity contribution in [3.63, 3.8) is 0 Å². The van der Waals surface area contributed by atoms with Gasteiger partial charge >= 0.3 is 5.97 Å². The zero-order valence-corrected chi connectivity index (χ0v) is 18.7. The van der Waals surface area contributed by atoms with Crippen molar-refractivity contribution in [2.45, 2.75) is 20.8 Å². The smallest absolute Gasteiger partial charge is 0.341 e. The van der Waals surface area contributed by atoms with Crippen LogP contribution in [0, 0.1) is 34.1 Å². The molecule has 0 radical (unpaired) electrons. The molecule has 10 nitrogen and oxygen atoms in total. The van der Waals surface area contributed by atoms with Gasteiger partial charge in [0.25, 0.3) is 17.3 Å². The highest BCUT2D eigenvalue weighted by Gasteiger charge is 2.26. The molecule has 1 N–H and O–H groups in total. The van der Waals surface area contributed by atoms with E-state index in [-0.39, 0.29) is 34.1 Å². The molecule has 0 saturated heterocycles. The van der Waals surface area contributed by atoms with Gasteiger partial charge in [0.05, 0.1) is 16.5 Å². The molecule has 0 aliphatic carbocycles. The number of non-ortho nitro benzene ring substituents is 1. The summed E-state index contributed by atoms with van der Waals surface area (Å²) in [4.78, 5) is 47.3. The summed E-state index contributed by atoms with van der Waals surface area (Å²) in [7, 11) is 0. The van der Waals surface area contributed by atoms with Crippen LogP contribution in [0.4, 0.5) is 16.4 Å². The van der Waals surface area contributed by atoms with Crippen molar-refractivity contribution in [2.24, 2.45) is 0 Å². The molecule has 0 bridgehead atoms. The monoisotopic (exact) mass is 469 g/mol. The summed E-state index contributed by atoms with van der Waals surface area (Å²) in [5, 5.41) is 24.9. The van der Waals surface area contributed by atoms with E-state index in [0.29, 0.717) is 21.6 Å². The Labute approximate surface area is 192 Å². The van der Waals surface area contributed by atoms with Crippen molar-refractivity contribution in [3.8, 4) is 11.1 Å². The Morgan fingerprint density at radius 2 is 1.70 bits per heavy atom. The summed E-state index contributed by atoms with van der Waals surface area (Å²) < 4.78 is 5.19. The van der Waals surface area contributed by atoms with Gasteiger partial charge in [-0.1, -0.05) is 0 Å². The minimum Gasteiger partial charge on any atom is -0.462 e. The van der Waals surface area contributed by atoms with E-state index in [0.717, 1.165) is 11.3 Å². The molecule has 0 aliphatic rings. The van der Waals surface area contributed by atoms with E-state index in [4.69, 9.17) is 4.74 Å². The number of amides is 1. The number of rotatable bonds is 7. The van der Waals surface area contributed by atoms with Gasteiger partial charge in [0.15, 0.2) is 0 Å². The van der Waals surface area contributed by atoms with E-state index in [1.165, 1.54) is 49.4 Å². The molecular formula is C22H19N3O7S. The number of carbonyl (C=O) groups is 2. The number of nitro benzene ring substituents is 2. The Kier molecular flexibility index (Phi) is 6.83. The maximum atomic E-state index is 12.9. The van der Waals surface area contributed by atoms with Gasteiger partial charge in [-0.2, -0.15) is 0 Å². The van der Waals surface area contributed by atoms with Crippen LogP contribution < -0.4 is 5.32 Å². The Morgan fingerprint density at radius 1 is 1.03 bits per heavy atom. The molecule has 0 spiro atoms. The van der Waals surface area contributed by atoms with Gasteiger partial charge in [-0.3, -0.25) is 25.0 Å². The largest absolute Gasteiger partial charge is 0.462 e. The Morgan fingerprint density at radius 3 is 2.24 bits per heavy atom. The summed E-state index contributed by atoms with van der Waals surface area (Å²) in [5.41, 5.74) is 1.52. The third-order valence-electron chi connectivity index (χ3n) is 4.81. The zero-order chi connectivity index (χ0) is 24.3. The summed E-state index contributed by atoms with van der Waals surface area (Å²) in [5.74, 6) is -1.19. The van der Waals surface area contributed by atoms with Crippen LogP contribution in [0.2, 0.25) is 0 Å². The van der Waals surface area contributed by atoms with Crippen molar-refractivity contribution >= 4 is 39.6 Å². The van der Waals surface area contributed by atoms with Gasteiger partial charge in [0, 0.05) is 39.8 Å². The van der Waals surface area contributed by atoms with E-state index in [9.17, 15) is 29.8 Å². The maximum Gasteiger partial charge on any atom is 0.341 e. The van der Waals surface area contributed by atoms with Crippen molar-refractivity contribution in [3.05, 3.63) is 84.3 Å². The first-order valence-corrected chi connectivity index (χ1v) is 10.6. The van der Waals surface area contributed by atoms with Crippen LogP contribution in [0.5, 0.6) is 0 Å². The Balaban J connectivity index is 2.03. The predicted molar refractivity (Wildman–Crippen MR) is 123 cm³/mol. The SMILES string of the molecule is CCOC(=O)c1c(NC(=O)c2ccc([N+](=O)[O-])c(C)c2)sc(C)c1-c1ccc([N+](=O)[O-])cc1. The number of nitrogens with one attached hydrogen (secondary N) is 1. The van der Waals surface area contributed by atoms with Crippen LogP contribution in [0.1, 0.15) is 38.1 Å². The summed E-state index contributed by atoms with van der Waals surface area (Å²) in [6.07, 6.45) is 0. The number of hydrogen-bond donors (Lipinski definition) is 1. The number of thiophene rings is 1. The standard InChI is InChI=1S/C22H19N3O7S/c1-4-32-22(27)19-18(14-5-8-16(9-6-14)24(28)29)13(3)33-21(19)23-20(26)15-7-10-17(25(30)31)12(2)11-15/h5-11H,4H2,1-3H3,(H,23,26). The minimum atomic E-state index is -0.648. The van der Waals surface area contributed by atoms with Crippen LogP contribution in [0.15, 0.2) is 42.5 Å². The highest BCUT2D eigenvalue weighted by Crippen LogP contribution is 2.41. The molecule has 0 aliphatic heterocycles. The highest BCUT2D eigenvalue weighted by atomic mass is 32.1. The van der Waals surface area contributed by atoms with Crippen LogP contribution in [-0.2, 0) is 4.74 Å². The molecular weight excluding hydrogens is 450 g/mol. The van der Waals surface area contributed by atoms with Gasteiger partial charge in [0.2, 0.25) is 0 Å². The molecule has 0 saturated carbocycles. The number of anilines is 1. The second kappa shape index (κ2) is 9.57. The van der Waals surface area contributed by atoms with Crippen molar-refractivity contribution in [1.82, 2.24) is 0 Å². The van der Waals surface area contributed by atoms with Crippen LogP contribution in [-0.4, -0.2) is 28.3 Å². The molecule has 33 heavy (non-hydrogen) atoms. The van der Waals surface area contributed by atoms with Gasteiger partial charge in [0.1, 0.15) is 10.6 Å². The first-order valence-electron chi connectivity index (χ1n) is 9.75. The van der Waals surface area contributed by atoms with Gasteiger partial charge in [-0.25, -0.2) is 4.79 Å². The van der Waals surface area contributed by atoms with E-state index in [1.54, 1.807) is 13.8 Å². The molecule has 2 aromatic carbocycles. The molecule has 1 aromatic heterocycles. The fraction of sp³-hybridized carbons (Fsp3) is 0.182. The number of ether oxygens (including phenoxy) is 1. The van der Waals surface area contributed by atoms with Crippen molar-refractivity contribution in [2.75, 3.05) is 11.9 Å². The lowest BCUT2D eigenvalue weighted by Crippen LogP contribution is -2.15. The van der Waals surface area contributed by atoms with Crippen LogP contribution >= 0.6 is 11.3 Å². The molecule has 0 unspecified atom stereocenters. The number of benzene rings is 2. The van der Waals surface area contributed by atoms with E-state index >= 15 is 0 Å². The zero-order valence-electron chi connectivity index (χ0n) is 17.9. The van der Waals surface area contributed by atoms with Crippen molar-refractivity contribution < 1.29 is 24.2 Å². The number of nitro groups is 2. The van der Waals surface area contributed by atoms with Crippen molar-refractivity contribution in [1.29, 1.82) is 0 Å². The first kappa shape index (κ1) is 23.5. The first-order chi connectivity index (χ1) is 15.6. The molecule has 170 valence electrons. The summed E-state index contributed by atoms with van der Waals surface area (Å²) in [6, 6.07) is 9.71. The number of aryl methyl sites for hydroxylation is 2. The number of hydrogen-bond acceptors (Lipinski definition) is 8. The minimum absolute atomic E-state index is 0.0913. The number of esters is 1. The van der Waals surface area contributed by atoms with Gasteiger partial charge in [-0.15, -0.1) is 11.3 Å². The Hall–Kier alpha value is -4.12. The maximum absolute atomic E-state index is 12.9. The summed E-state index contributed by atoms with van der Waals surface area (Å²) in [6.45, 7) is 5.06. The highest BCUT2D eigenvalue weighted by molar-refractivity contribution is 7.17. The lowest BCUT2D eigenvalue weighted by Gasteiger charge is -2.09. The quantitative estimate of drug-likeness (QED) is 0.282. The molecule has 0 atom stereocenters.